The van der Waals surface area contributed by atoms with Gasteiger partial charge in [0.25, 0.3) is 0 Å². The molecule has 0 radical (unpaired) electrons. The summed E-state index contributed by atoms with van der Waals surface area (Å²) in [5.74, 6) is 0. The zero-order valence-electron chi connectivity index (χ0n) is 11.1. The van der Waals surface area contributed by atoms with E-state index in [-0.39, 0.29) is 6.10 Å². The van der Waals surface area contributed by atoms with E-state index >= 15 is 0 Å². The largest absolute Gasteiger partial charge is 0.392 e. The van der Waals surface area contributed by atoms with Crippen LogP contribution in [0.25, 0.3) is 0 Å². The highest BCUT2D eigenvalue weighted by molar-refractivity contribution is 5.59. The lowest BCUT2D eigenvalue weighted by atomic mass is 10.1. The Bertz CT molecular complexity index is 437. The highest BCUT2D eigenvalue weighted by atomic mass is 16.3. The number of pyridine rings is 1. The summed E-state index contributed by atoms with van der Waals surface area (Å²) >= 11 is 0. The number of nitrogens with zero attached hydrogens (tertiary/aromatic N) is 2. The Hall–Kier alpha value is -1.64. The molecule has 3 N–H and O–H groups in total. The van der Waals surface area contributed by atoms with Gasteiger partial charge in [-0.15, -0.1) is 0 Å². The van der Waals surface area contributed by atoms with Gasteiger partial charge in [-0.25, -0.2) is 0 Å². The average molecular weight is 248 g/mol. The van der Waals surface area contributed by atoms with Gasteiger partial charge in [0.05, 0.1) is 23.0 Å². The zero-order chi connectivity index (χ0) is 13.5. The Kier molecular flexibility index (Phi) is 5.56. The fourth-order valence-electron chi connectivity index (χ4n) is 1.71. The molecule has 1 rings (SSSR count). The molecule has 1 unspecified atom stereocenters. The number of aliphatic hydroxyl groups is 1. The zero-order valence-corrected chi connectivity index (χ0v) is 11.1. The third-order valence-electron chi connectivity index (χ3n) is 2.50. The topological polar surface area (TPSA) is 81.0 Å². The molecule has 1 aromatic heterocycles. The summed E-state index contributed by atoms with van der Waals surface area (Å²) in [4.78, 5) is 4.26. The molecule has 0 saturated heterocycles. The minimum absolute atomic E-state index is 0.343. The first kappa shape index (κ1) is 14.4. The van der Waals surface area contributed by atoms with E-state index in [4.69, 9.17) is 10.4 Å². The minimum Gasteiger partial charge on any atom is -0.392 e. The summed E-state index contributed by atoms with van der Waals surface area (Å²) in [6.45, 7) is 7.49. The number of aromatic nitrogens is 1. The molecule has 0 amide bonds. The monoisotopic (exact) mass is 248 g/mol. The molecular weight excluding hydrogens is 228 g/mol. The fraction of sp³-hybridized carbons (Fsp3) is 0.538. The average Bonchev–Trinajstić information content (AvgIpc) is 2.27. The SMILES string of the molecule is Cc1cc(NCCNCC(C)O)c(C#N)c(C)n1. The number of rotatable bonds is 6. The van der Waals surface area contributed by atoms with Crippen molar-refractivity contribution < 1.29 is 5.11 Å². The van der Waals surface area contributed by atoms with E-state index in [1.165, 1.54) is 0 Å². The van der Waals surface area contributed by atoms with Crippen LogP contribution in [0.1, 0.15) is 23.9 Å². The molecule has 0 spiro atoms. The van der Waals surface area contributed by atoms with Gasteiger partial charge in [-0.3, -0.25) is 4.98 Å². The van der Waals surface area contributed by atoms with Crippen LogP contribution in [0.5, 0.6) is 0 Å². The number of aryl methyl sites for hydroxylation is 2. The predicted octanol–water partition coefficient (Wildman–Crippen LogP) is 0.952. The summed E-state index contributed by atoms with van der Waals surface area (Å²) < 4.78 is 0. The summed E-state index contributed by atoms with van der Waals surface area (Å²) in [6, 6.07) is 4.04. The van der Waals surface area contributed by atoms with Crippen LogP contribution in [0, 0.1) is 25.2 Å². The van der Waals surface area contributed by atoms with E-state index in [1.807, 2.05) is 19.9 Å². The van der Waals surface area contributed by atoms with Crippen LogP contribution in [0.15, 0.2) is 6.07 Å². The molecule has 1 atom stereocenters. The molecule has 5 nitrogen and oxygen atoms in total. The maximum absolute atomic E-state index is 9.09. The van der Waals surface area contributed by atoms with E-state index in [2.05, 4.69) is 21.7 Å². The highest BCUT2D eigenvalue weighted by Crippen LogP contribution is 2.18. The van der Waals surface area contributed by atoms with Crippen molar-refractivity contribution in [2.24, 2.45) is 0 Å². The first-order valence-electron chi connectivity index (χ1n) is 6.05. The Balaban J connectivity index is 2.54. The molecule has 98 valence electrons. The molecule has 1 heterocycles. The molecule has 0 aromatic carbocycles. The molecule has 0 aliphatic carbocycles. The number of nitriles is 1. The number of hydrogen-bond acceptors (Lipinski definition) is 5. The van der Waals surface area contributed by atoms with E-state index in [1.54, 1.807) is 6.92 Å². The van der Waals surface area contributed by atoms with Crippen molar-refractivity contribution in [2.45, 2.75) is 26.9 Å². The van der Waals surface area contributed by atoms with Crippen molar-refractivity contribution in [3.63, 3.8) is 0 Å². The number of anilines is 1. The molecule has 0 bridgehead atoms. The van der Waals surface area contributed by atoms with Crippen LogP contribution in [-0.4, -0.2) is 35.8 Å². The first-order valence-corrected chi connectivity index (χ1v) is 6.05. The molecule has 0 fully saturated rings. The molecule has 0 saturated carbocycles. The first-order chi connectivity index (χ1) is 8.54. The molecular formula is C13H20N4O. The van der Waals surface area contributed by atoms with Crippen LogP contribution in [-0.2, 0) is 0 Å². The molecule has 18 heavy (non-hydrogen) atoms. The molecule has 0 aliphatic rings. The van der Waals surface area contributed by atoms with Crippen molar-refractivity contribution in [2.75, 3.05) is 25.0 Å². The standard InChI is InChI=1S/C13H20N4O/c1-9-6-13(12(7-14)11(3)17-9)16-5-4-15-8-10(2)18/h6,10,15,18H,4-5,8H2,1-3H3,(H,16,17). The van der Waals surface area contributed by atoms with Gasteiger partial charge in [0.2, 0.25) is 0 Å². The van der Waals surface area contributed by atoms with Crippen molar-refractivity contribution in [1.29, 1.82) is 5.26 Å². The van der Waals surface area contributed by atoms with Crippen molar-refractivity contribution in [1.82, 2.24) is 10.3 Å². The van der Waals surface area contributed by atoms with Gasteiger partial charge >= 0.3 is 0 Å². The van der Waals surface area contributed by atoms with Crippen LogP contribution in [0.3, 0.4) is 0 Å². The van der Waals surface area contributed by atoms with Gasteiger partial charge < -0.3 is 15.7 Å². The van der Waals surface area contributed by atoms with Crippen LogP contribution >= 0.6 is 0 Å². The van der Waals surface area contributed by atoms with E-state index in [0.29, 0.717) is 18.7 Å². The maximum atomic E-state index is 9.09. The highest BCUT2D eigenvalue weighted by Gasteiger charge is 2.07. The van der Waals surface area contributed by atoms with Crippen LogP contribution in [0.4, 0.5) is 5.69 Å². The second kappa shape index (κ2) is 6.94. The van der Waals surface area contributed by atoms with Gasteiger partial charge in [0.1, 0.15) is 6.07 Å². The minimum atomic E-state index is -0.343. The Labute approximate surface area is 108 Å². The third-order valence-corrected chi connectivity index (χ3v) is 2.50. The summed E-state index contributed by atoms with van der Waals surface area (Å²) in [6.07, 6.45) is -0.343. The summed E-state index contributed by atoms with van der Waals surface area (Å²) in [7, 11) is 0. The fourth-order valence-corrected chi connectivity index (χ4v) is 1.71. The predicted molar refractivity (Wildman–Crippen MR) is 71.5 cm³/mol. The van der Waals surface area contributed by atoms with Crippen molar-refractivity contribution in [3.05, 3.63) is 23.0 Å². The Morgan fingerprint density at radius 3 is 2.78 bits per heavy atom. The lowest BCUT2D eigenvalue weighted by Gasteiger charge is -2.12. The van der Waals surface area contributed by atoms with Crippen LogP contribution in [0.2, 0.25) is 0 Å². The second-order valence-corrected chi connectivity index (χ2v) is 4.36. The van der Waals surface area contributed by atoms with E-state index in [9.17, 15) is 0 Å². The van der Waals surface area contributed by atoms with Gasteiger partial charge in [-0.2, -0.15) is 5.26 Å². The van der Waals surface area contributed by atoms with E-state index in [0.717, 1.165) is 23.6 Å². The normalized spacial score (nSPS) is 11.9. The number of nitrogens with one attached hydrogen (secondary N) is 2. The van der Waals surface area contributed by atoms with Crippen molar-refractivity contribution in [3.8, 4) is 6.07 Å². The maximum Gasteiger partial charge on any atom is 0.103 e. The van der Waals surface area contributed by atoms with Gasteiger partial charge in [0, 0.05) is 25.3 Å². The molecule has 1 aromatic rings. The molecule has 0 aliphatic heterocycles. The smallest absolute Gasteiger partial charge is 0.103 e. The van der Waals surface area contributed by atoms with E-state index < -0.39 is 0 Å². The Morgan fingerprint density at radius 1 is 1.44 bits per heavy atom. The second-order valence-electron chi connectivity index (χ2n) is 4.36. The lowest BCUT2D eigenvalue weighted by molar-refractivity contribution is 0.192. The van der Waals surface area contributed by atoms with Gasteiger partial charge in [-0.1, -0.05) is 0 Å². The quantitative estimate of drug-likeness (QED) is 0.653. The third kappa shape index (κ3) is 4.32. The Morgan fingerprint density at radius 2 is 2.17 bits per heavy atom. The van der Waals surface area contributed by atoms with Crippen LogP contribution < -0.4 is 10.6 Å². The number of aliphatic hydroxyl groups excluding tert-OH is 1. The lowest BCUT2D eigenvalue weighted by Crippen LogP contribution is -2.29. The van der Waals surface area contributed by atoms with Gasteiger partial charge in [0.15, 0.2) is 0 Å². The van der Waals surface area contributed by atoms with Crippen molar-refractivity contribution >= 4 is 5.69 Å². The van der Waals surface area contributed by atoms with Gasteiger partial charge in [-0.05, 0) is 26.8 Å². The summed E-state index contributed by atoms with van der Waals surface area (Å²) in [5.41, 5.74) is 3.06. The summed E-state index contributed by atoms with van der Waals surface area (Å²) in [5, 5.41) is 24.5. The number of hydrogen-bond donors (Lipinski definition) is 3. The molecule has 5 heteroatoms.